The van der Waals surface area contributed by atoms with E-state index in [9.17, 15) is 13.2 Å². The number of rotatable bonds is 4. The third-order valence-corrected chi connectivity index (χ3v) is 3.03. The number of alkyl halides is 3. The van der Waals surface area contributed by atoms with Crippen molar-refractivity contribution in [3.8, 4) is 0 Å². The van der Waals surface area contributed by atoms with E-state index in [1.165, 1.54) is 0 Å². The van der Waals surface area contributed by atoms with Crippen molar-refractivity contribution in [2.45, 2.75) is 64.8 Å². The van der Waals surface area contributed by atoms with Crippen molar-refractivity contribution in [2.24, 2.45) is 5.41 Å². The van der Waals surface area contributed by atoms with Crippen molar-refractivity contribution in [3.05, 3.63) is 0 Å². The fraction of sp³-hybridized carbons (Fsp3) is 1.00. The molecular formula is C13H24F3NO. The number of ether oxygens (including phenoxy) is 1. The smallest absolute Gasteiger partial charge is 0.369 e. The summed E-state index contributed by atoms with van der Waals surface area (Å²) in [6, 6.07) is 0.288. The summed E-state index contributed by atoms with van der Waals surface area (Å²) in [7, 11) is 0. The molecule has 0 aliphatic heterocycles. The molecule has 0 bridgehead atoms. The highest BCUT2D eigenvalue weighted by atomic mass is 19.4. The summed E-state index contributed by atoms with van der Waals surface area (Å²) in [6.07, 6.45) is -1.08. The zero-order valence-electron chi connectivity index (χ0n) is 11.4. The van der Waals surface area contributed by atoms with Gasteiger partial charge in [-0.25, -0.2) is 0 Å². The maximum atomic E-state index is 12.1. The molecule has 0 aromatic rings. The van der Waals surface area contributed by atoms with Gasteiger partial charge in [0.15, 0.2) is 0 Å². The quantitative estimate of drug-likeness (QED) is 0.841. The largest absolute Gasteiger partial charge is 0.411 e. The van der Waals surface area contributed by atoms with Crippen molar-refractivity contribution in [1.29, 1.82) is 0 Å². The predicted octanol–water partition coefficient (Wildman–Crippen LogP) is 3.51. The van der Waals surface area contributed by atoms with Gasteiger partial charge in [-0.3, -0.25) is 0 Å². The molecule has 0 spiro atoms. The second-order valence-corrected chi connectivity index (χ2v) is 6.35. The van der Waals surface area contributed by atoms with Crippen LogP contribution in [0.4, 0.5) is 13.2 Å². The van der Waals surface area contributed by atoms with Crippen LogP contribution in [0.5, 0.6) is 0 Å². The van der Waals surface area contributed by atoms with Crippen LogP contribution >= 0.6 is 0 Å². The molecule has 5 heteroatoms. The molecule has 2 nitrogen and oxygen atoms in total. The van der Waals surface area contributed by atoms with Crippen LogP contribution < -0.4 is 5.32 Å². The highest BCUT2D eigenvalue weighted by Gasteiger charge is 2.31. The number of nitrogens with one attached hydrogen (secondary N) is 1. The Morgan fingerprint density at radius 2 is 1.83 bits per heavy atom. The van der Waals surface area contributed by atoms with Gasteiger partial charge in [-0.1, -0.05) is 20.8 Å². The average molecular weight is 267 g/mol. The lowest BCUT2D eigenvalue weighted by molar-refractivity contribution is -0.188. The fourth-order valence-electron chi connectivity index (χ4n) is 2.14. The summed E-state index contributed by atoms with van der Waals surface area (Å²) in [5.41, 5.74) is 0.194. The summed E-state index contributed by atoms with van der Waals surface area (Å²) < 4.78 is 41.2. The maximum Gasteiger partial charge on any atom is 0.411 e. The van der Waals surface area contributed by atoms with E-state index in [1.54, 1.807) is 0 Å². The Morgan fingerprint density at radius 1 is 1.17 bits per heavy atom. The molecule has 0 amide bonds. The van der Waals surface area contributed by atoms with Gasteiger partial charge < -0.3 is 10.1 Å². The van der Waals surface area contributed by atoms with E-state index in [0.717, 1.165) is 25.8 Å². The van der Waals surface area contributed by atoms with Crippen LogP contribution in [0.2, 0.25) is 0 Å². The topological polar surface area (TPSA) is 21.3 Å². The number of hydrogen-bond donors (Lipinski definition) is 1. The first-order chi connectivity index (χ1) is 8.16. The van der Waals surface area contributed by atoms with Crippen LogP contribution in [-0.2, 0) is 4.74 Å². The Kier molecular flexibility index (Phi) is 5.46. The third kappa shape index (κ3) is 7.21. The molecule has 0 aromatic carbocycles. The molecule has 1 rings (SSSR count). The Hall–Kier alpha value is -0.290. The molecule has 1 aliphatic rings. The Bertz CT molecular complexity index is 224. The highest BCUT2D eigenvalue weighted by molar-refractivity contribution is 4.80. The van der Waals surface area contributed by atoms with Crippen LogP contribution in [-0.4, -0.2) is 31.5 Å². The van der Waals surface area contributed by atoms with Gasteiger partial charge in [0.25, 0.3) is 0 Å². The van der Waals surface area contributed by atoms with Crippen molar-refractivity contribution in [1.82, 2.24) is 5.32 Å². The third-order valence-electron chi connectivity index (χ3n) is 3.03. The Morgan fingerprint density at radius 3 is 2.39 bits per heavy atom. The fourth-order valence-corrected chi connectivity index (χ4v) is 2.14. The summed E-state index contributed by atoms with van der Waals surface area (Å²) in [5, 5.41) is 3.43. The molecule has 108 valence electrons. The first-order valence-corrected chi connectivity index (χ1v) is 6.57. The Balaban J connectivity index is 2.28. The number of halogens is 3. The van der Waals surface area contributed by atoms with Crippen LogP contribution in [0.1, 0.15) is 46.5 Å². The molecule has 1 N–H and O–H groups in total. The van der Waals surface area contributed by atoms with Crippen LogP contribution in [0.15, 0.2) is 0 Å². The summed E-state index contributed by atoms with van der Waals surface area (Å²) in [6.45, 7) is 6.18. The van der Waals surface area contributed by atoms with Gasteiger partial charge in [0.05, 0.1) is 6.10 Å². The molecule has 0 saturated heterocycles. The maximum absolute atomic E-state index is 12.1. The monoisotopic (exact) mass is 267 g/mol. The van der Waals surface area contributed by atoms with E-state index in [4.69, 9.17) is 4.74 Å². The molecule has 2 atom stereocenters. The van der Waals surface area contributed by atoms with Crippen molar-refractivity contribution in [2.75, 3.05) is 13.2 Å². The van der Waals surface area contributed by atoms with Gasteiger partial charge in [-0.2, -0.15) is 13.2 Å². The lowest BCUT2D eigenvalue weighted by Crippen LogP contribution is -2.41. The molecular weight excluding hydrogens is 243 g/mol. The van der Waals surface area contributed by atoms with E-state index in [1.807, 2.05) is 0 Å². The van der Waals surface area contributed by atoms with E-state index in [-0.39, 0.29) is 17.6 Å². The normalized spacial score (nSPS) is 26.3. The lowest BCUT2D eigenvalue weighted by atomic mass is 9.90. The van der Waals surface area contributed by atoms with E-state index < -0.39 is 12.8 Å². The van der Waals surface area contributed by atoms with Gasteiger partial charge in [0.1, 0.15) is 6.61 Å². The first kappa shape index (κ1) is 15.8. The van der Waals surface area contributed by atoms with E-state index in [0.29, 0.717) is 6.42 Å². The highest BCUT2D eigenvalue weighted by Crippen LogP contribution is 2.24. The van der Waals surface area contributed by atoms with Gasteiger partial charge in [-0.15, -0.1) is 0 Å². The van der Waals surface area contributed by atoms with Gasteiger partial charge in [0.2, 0.25) is 0 Å². The van der Waals surface area contributed by atoms with E-state index >= 15 is 0 Å². The molecule has 1 saturated carbocycles. The van der Waals surface area contributed by atoms with Gasteiger partial charge in [0, 0.05) is 12.6 Å². The first-order valence-electron chi connectivity index (χ1n) is 6.57. The Labute approximate surface area is 107 Å². The second kappa shape index (κ2) is 6.24. The van der Waals surface area contributed by atoms with Gasteiger partial charge >= 0.3 is 6.18 Å². The SMILES string of the molecule is CC(C)(C)CNC1CCCC(OCC(F)(F)F)C1. The standard InChI is InChI=1S/C13H24F3NO/c1-12(2,3)8-17-10-5-4-6-11(7-10)18-9-13(14,15)16/h10-11,17H,4-9H2,1-3H3. The zero-order chi connectivity index (χ0) is 13.8. The summed E-state index contributed by atoms with van der Waals surface area (Å²) in [5.74, 6) is 0. The number of hydrogen-bond acceptors (Lipinski definition) is 2. The lowest BCUT2D eigenvalue weighted by Gasteiger charge is -2.32. The zero-order valence-corrected chi connectivity index (χ0v) is 11.4. The van der Waals surface area contributed by atoms with Gasteiger partial charge in [-0.05, 0) is 31.1 Å². The van der Waals surface area contributed by atoms with Crippen molar-refractivity contribution < 1.29 is 17.9 Å². The molecule has 0 radical (unpaired) electrons. The molecule has 1 aliphatic carbocycles. The minimum Gasteiger partial charge on any atom is -0.369 e. The molecule has 18 heavy (non-hydrogen) atoms. The molecule has 0 heterocycles. The van der Waals surface area contributed by atoms with E-state index in [2.05, 4.69) is 26.1 Å². The minimum atomic E-state index is -4.22. The van der Waals surface area contributed by atoms with Crippen molar-refractivity contribution >= 4 is 0 Å². The molecule has 2 unspecified atom stereocenters. The molecule has 0 aromatic heterocycles. The molecule has 1 fully saturated rings. The van der Waals surface area contributed by atoms with Crippen LogP contribution in [0.3, 0.4) is 0 Å². The summed E-state index contributed by atoms with van der Waals surface area (Å²) >= 11 is 0. The van der Waals surface area contributed by atoms with Crippen LogP contribution in [0, 0.1) is 5.41 Å². The average Bonchev–Trinajstić information content (AvgIpc) is 2.22. The predicted molar refractivity (Wildman–Crippen MR) is 65.5 cm³/mol. The summed E-state index contributed by atoms with van der Waals surface area (Å²) in [4.78, 5) is 0. The minimum absolute atomic E-state index is 0.194. The van der Waals surface area contributed by atoms with Crippen molar-refractivity contribution in [3.63, 3.8) is 0 Å². The van der Waals surface area contributed by atoms with Crippen LogP contribution in [0.25, 0.3) is 0 Å². The second-order valence-electron chi connectivity index (χ2n) is 6.35.